The minimum Gasteiger partial charge on any atom is -0.340 e. The number of nitrogens with zero attached hydrogens (tertiary/aromatic N) is 2. The van der Waals surface area contributed by atoms with E-state index < -0.39 is 0 Å². The van der Waals surface area contributed by atoms with Crippen LogP contribution in [0.15, 0.2) is 53.4 Å². The molecule has 4 rings (SSSR count). The Morgan fingerprint density at radius 3 is 2.52 bits per heavy atom. The molecule has 0 fully saturated rings. The predicted octanol–water partition coefficient (Wildman–Crippen LogP) is 7.91. The lowest BCUT2D eigenvalue weighted by molar-refractivity contribution is 0.318. The van der Waals surface area contributed by atoms with Gasteiger partial charge in [-0.25, -0.2) is 0 Å². The zero-order valence-electron chi connectivity index (χ0n) is 19.4. The molecule has 3 aromatic rings. The molecule has 0 radical (unpaired) electrons. The standard InChI is InChI=1S/C26H34N2S.CH3I/c1-3-4-17-27(2)18-10-5-11-19-28-24-14-8-6-12-21(24)22-16-20-29-25-15-9-7-13-23(25)26(22)28;1-2/h6-9,12-15H,3-5,10-11,16-20H2,1-2H3;1H3. The fraction of sp³-hybridized carbons (Fsp3) is 0.481. The zero-order chi connectivity index (χ0) is 22.1. The molecule has 168 valence electrons. The van der Waals surface area contributed by atoms with Crippen LogP contribution in [0, 0.1) is 0 Å². The Bertz CT molecular complexity index is 950. The molecule has 0 unspecified atom stereocenters. The number of para-hydroxylation sites is 1. The molecular weight excluding hydrogens is 511 g/mol. The number of rotatable bonds is 9. The molecule has 0 bridgehead atoms. The lowest BCUT2D eigenvalue weighted by atomic mass is 10.0. The van der Waals surface area contributed by atoms with E-state index in [1.807, 2.05) is 16.7 Å². The van der Waals surface area contributed by atoms with Gasteiger partial charge in [-0.2, -0.15) is 0 Å². The summed E-state index contributed by atoms with van der Waals surface area (Å²) in [5.74, 6) is 1.17. The van der Waals surface area contributed by atoms with E-state index >= 15 is 0 Å². The third kappa shape index (κ3) is 6.08. The smallest absolute Gasteiger partial charge is 0.0535 e. The number of halogens is 1. The largest absolute Gasteiger partial charge is 0.340 e. The van der Waals surface area contributed by atoms with Crippen molar-refractivity contribution in [2.24, 2.45) is 0 Å². The first-order valence-electron chi connectivity index (χ1n) is 11.7. The molecule has 2 heterocycles. The number of unbranched alkanes of at least 4 members (excludes halogenated alkanes) is 3. The minimum atomic E-state index is 1.12. The first-order valence-corrected chi connectivity index (χ1v) is 14.8. The molecule has 0 saturated heterocycles. The van der Waals surface area contributed by atoms with Crippen LogP contribution in [-0.4, -0.2) is 40.3 Å². The molecule has 0 aliphatic carbocycles. The summed E-state index contributed by atoms with van der Waals surface area (Å²) in [6.45, 7) is 5.85. The van der Waals surface area contributed by atoms with Crippen LogP contribution < -0.4 is 0 Å². The predicted molar refractivity (Wildman–Crippen MR) is 148 cm³/mol. The quantitative estimate of drug-likeness (QED) is 0.153. The van der Waals surface area contributed by atoms with Crippen molar-refractivity contribution in [1.82, 2.24) is 9.47 Å². The maximum atomic E-state index is 2.62. The Morgan fingerprint density at radius 1 is 0.935 bits per heavy atom. The van der Waals surface area contributed by atoms with Crippen LogP contribution in [0.1, 0.15) is 44.6 Å². The summed E-state index contributed by atoms with van der Waals surface area (Å²) in [5, 5.41) is 1.46. The number of hydrogen-bond acceptors (Lipinski definition) is 2. The van der Waals surface area contributed by atoms with Crippen LogP contribution in [0.3, 0.4) is 0 Å². The highest BCUT2D eigenvalue weighted by Crippen LogP contribution is 2.42. The molecule has 0 saturated carbocycles. The van der Waals surface area contributed by atoms with E-state index in [1.165, 1.54) is 78.0 Å². The van der Waals surface area contributed by atoms with E-state index in [1.54, 1.807) is 5.56 Å². The van der Waals surface area contributed by atoms with Gasteiger partial charge in [0.25, 0.3) is 0 Å². The maximum Gasteiger partial charge on any atom is 0.0535 e. The second-order valence-corrected chi connectivity index (χ2v) is 9.44. The fourth-order valence-electron chi connectivity index (χ4n) is 4.59. The Hall–Kier alpha value is -0.980. The zero-order valence-corrected chi connectivity index (χ0v) is 22.3. The molecule has 1 aliphatic rings. The Kier molecular flexibility index (Phi) is 10.3. The molecule has 4 heteroatoms. The molecule has 0 N–H and O–H groups in total. The molecule has 1 aliphatic heterocycles. The van der Waals surface area contributed by atoms with Gasteiger partial charge in [-0.3, -0.25) is 0 Å². The van der Waals surface area contributed by atoms with Gasteiger partial charge in [0, 0.05) is 33.7 Å². The first kappa shape index (κ1) is 24.7. The average Bonchev–Trinajstić information content (AvgIpc) is 2.99. The lowest BCUT2D eigenvalue weighted by Gasteiger charge is -2.16. The van der Waals surface area contributed by atoms with Crippen molar-refractivity contribution >= 4 is 45.3 Å². The van der Waals surface area contributed by atoms with E-state index in [2.05, 4.69) is 94.6 Å². The van der Waals surface area contributed by atoms with E-state index in [9.17, 15) is 0 Å². The average molecular weight is 549 g/mol. The normalized spacial score (nSPS) is 12.8. The van der Waals surface area contributed by atoms with E-state index in [0.717, 1.165) is 13.0 Å². The molecule has 0 amide bonds. The number of aromatic nitrogens is 1. The van der Waals surface area contributed by atoms with Crippen LogP contribution in [0.4, 0.5) is 0 Å². The SMILES string of the molecule is CCCCN(C)CCCCCn1c2c(c3ccccc31)CCSc1ccccc1-2.CI. The van der Waals surface area contributed by atoms with Gasteiger partial charge >= 0.3 is 0 Å². The molecule has 31 heavy (non-hydrogen) atoms. The highest BCUT2D eigenvalue weighted by molar-refractivity contribution is 14.1. The summed E-state index contributed by atoms with van der Waals surface area (Å²) in [6, 6.07) is 18.0. The molecule has 0 spiro atoms. The van der Waals surface area contributed by atoms with Crippen LogP contribution in [-0.2, 0) is 13.0 Å². The van der Waals surface area contributed by atoms with Crippen molar-refractivity contribution in [1.29, 1.82) is 0 Å². The van der Waals surface area contributed by atoms with Crippen molar-refractivity contribution in [2.75, 3.05) is 30.8 Å². The molecule has 2 nitrogen and oxygen atoms in total. The highest BCUT2D eigenvalue weighted by Gasteiger charge is 2.22. The monoisotopic (exact) mass is 548 g/mol. The van der Waals surface area contributed by atoms with Gasteiger partial charge < -0.3 is 9.47 Å². The second-order valence-electron chi connectivity index (χ2n) is 8.31. The van der Waals surface area contributed by atoms with Crippen molar-refractivity contribution in [3.05, 3.63) is 54.1 Å². The lowest BCUT2D eigenvalue weighted by Crippen LogP contribution is -2.20. The summed E-state index contributed by atoms with van der Waals surface area (Å²) in [4.78, 5) is 5.90. The van der Waals surface area contributed by atoms with Gasteiger partial charge in [-0.1, -0.05) is 78.8 Å². The van der Waals surface area contributed by atoms with Crippen LogP contribution in [0.2, 0.25) is 0 Å². The topological polar surface area (TPSA) is 8.17 Å². The van der Waals surface area contributed by atoms with E-state index in [0.29, 0.717) is 0 Å². The van der Waals surface area contributed by atoms with Gasteiger partial charge in [-0.15, -0.1) is 11.8 Å². The van der Waals surface area contributed by atoms with E-state index in [4.69, 9.17) is 0 Å². The van der Waals surface area contributed by atoms with Crippen LogP contribution in [0.25, 0.3) is 22.2 Å². The number of hydrogen-bond donors (Lipinski definition) is 0. The summed E-state index contributed by atoms with van der Waals surface area (Å²) < 4.78 is 2.62. The Morgan fingerprint density at radius 2 is 1.68 bits per heavy atom. The highest BCUT2D eigenvalue weighted by atomic mass is 127. The van der Waals surface area contributed by atoms with Gasteiger partial charge in [0.2, 0.25) is 0 Å². The number of alkyl halides is 1. The molecular formula is C27H37IN2S. The summed E-state index contributed by atoms with van der Waals surface area (Å²) in [7, 11) is 2.27. The number of fused-ring (bicyclic) bond motifs is 5. The van der Waals surface area contributed by atoms with Crippen molar-refractivity contribution in [2.45, 2.75) is 56.9 Å². The summed E-state index contributed by atoms with van der Waals surface area (Å²) >= 11 is 4.16. The summed E-state index contributed by atoms with van der Waals surface area (Å²) in [6.07, 6.45) is 7.61. The van der Waals surface area contributed by atoms with Crippen LogP contribution in [0.5, 0.6) is 0 Å². The number of benzene rings is 2. The maximum absolute atomic E-state index is 2.62. The number of aryl methyl sites for hydroxylation is 2. The van der Waals surface area contributed by atoms with Crippen molar-refractivity contribution in [3.8, 4) is 11.3 Å². The third-order valence-electron chi connectivity index (χ3n) is 6.14. The summed E-state index contributed by atoms with van der Waals surface area (Å²) in [5.41, 5.74) is 5.88. The molecule has 2 aromatic carbocycles. The molecule has 0 atom stereocenters. The van der Waals surface area contributed by atoms with Crippen molar-refractivity contribution < 1.29 is 0 Å². The van der Waals surface area contributed by atoms with Gasteiger partial charge in [0.15, 0.2) is 0 Å². The van der Waals surface area contributed by atoms with Gasteiger partial charge in [-0.05, 0) is 68.4 Å². The van der Waals surface area contributed by atoms with Crippen LogP contribution >= 0.6 is 34.4 Å². The third-order valence-corrected chi connectivity index (χ3v) is 7.22. The fourth-order valence-corrected chi connectivity index (χ4v) is 5.61. The number of thioether (sulfide) groups is 1. The van der Waals surface area contributed by atoms with Gasteiger partial charge in [0.05, 0.1) is 5.69 Å². The first-order chi connectivity index (χ1) is 15.3. The van der Waals surface area contributed by atoms with E-state index in [-0.39, 0.29) is 0 Å². The Balaban J connectivity index is 0.00000132. The van der Waals surface area contributed by atoms with Gasteiger partial charge in [0.1, 0.15) is 0 Å². The van der Waals surface area contributed by atoms with Crippen molar-refractivity contribution in [3.63, 3.8) is 0 Å². The second kappa shape index (κ2) is 12.9. The molecule has 1 aromatic heterocycles. The Labute approximate surface area is 206 Å². The minimum absolute atomic E-state index is 1.12.